The summed E-state index contributed by atoms with van der Waals surface area (Å²) >= 11 is 3.53. The van der Waals surface area contributed by atoms with Crippen LogP contribution in [0.15, 0.2) is 51.7 Å². The van der Waals surface area contributed by atoms with Crippen LogP contribution < -0.4 is 5.73 Å². The first-order valence-corrected chi connectivity index (χ1v) is 6.88. The average Bonchev–Trinajstić information content (AvgIpc) is 2.85. The van der Waals surface area contributed by atoms with Gasteiger partial charge in [0.2, 0.25) is 5.88 Å². The van der Waals surface area contributed by atoms with Crippen LogP contribution in [0, 0.1) is 6.92 Å². The van der Waals surface area contributed by atoms with Crippen molar-refractivity contribution in [1.29, 1.82) is 0 Å². The molecule has 2 N–H and O–H groups in total. The lowest BCUT2D eigenvalue weighted by atomic mass is 10.0. The Morgan fingerprint density at radius 1 is 1.10 bits per heavy atom. The number of rotatable bonds is 2. The number of aryl methyl sites for hydroxylation is 1. The monoisotopic (exact) mass is 329 g/mol. The molecule has 0 saturated heterocycles. The van der Waals surface area contributed by atoms with E-state index in [2.05, 4.69) is 26.1 Å². The molecule has 100 valence electrons. The van der Waals surface area contributed by atoms with Crippen molar-refractivity contribution in [2.24, 2.45) is 0 Å². The summed E-state index contributed by atoms with van der Waals surface area (Å²) < 4.78 is 6.19. The van der Waals surface area contributed by atoms with Gasteiger partial charge in [-0.2, -0.15) is 0 Å². The Balaban J connectivity index is 2.18. The predicted octanol–water partition coefficient (Wildman–Crippen LogP) is 4.06. The van der Waals surface area contributed by atoms with Gasteiger partial charge in [0, 0.05) is 22.4 Å². The van der Waals surface area contributed by atoms with E-state index >= 15 is 0 Å². The van der Waals surface area contributed by atoms with E-state index in [1.165, 1.54) is 0 Å². The Kier molecular flexibility index (Phi) is 3.28. The van der Waals surface area contributed by atoms with Crippen LogP contribution in [0.25, 0.3) is 22.4 Å². The SMILES string of the molecule is Cc1ccc(-c2noc(N)c2-c2ccncc2)cc1Br. The molecule has 0 aliphatic carbocycles. The van der Waals surface area contributed by atoms with Crippen LogP contribution in [0.5, 0.6) is 0 Å². The predicted molar refractivity (Wildman–Crippen MR) is 82.0 cm³/mol. The van der Waals surface area contributed by atoms with E-state index in [1.807, 2.05) is 37.3 Å². The number of hydrogen-bond donors (Lipinski definition) is 1. The summed E-state index contributed by atoms with van der Waals surface area (Å²) in [5, 5.41) is 4.09. The first-order chi connectivity index (χ1) is 9.66. The summed E-state index contributed by atoms with van der Waals surface area (Å²) in [7, 11) is 0. The summed E-state index contributed by atoms with van der Waals surface area (Å²) in [6, 6.07) is 9.81. The highest BCUT2D eigenvalue weighted by Gasteiger charge is 2.17. The van der Waals surface area contributed by atoms with Gasteiger partial charge in [0.1, 0.15) is 5.69 Å². The van der Waals surface area contributed by atoms with Gasteiger partial charge in [0.25, 0.3) is 0 Å². The second-order valence-corrected chi connectivity index (χ2v) is 5.32. The Morgan fingerprint density at radius 2 is 1.85 bits per heavy atom. The zero-order valence-corrected chi connectivity index (χ0v) is 12.4. The highest BCUT2D eigenvalue weighted by Crippen LogP contribution is 2.36. The van der Waals surface area contributed by atoms with Crippen LogP contribution in [0.2, 0.25) is 0 Å². The van der Waals surface area contributed by atoms with E-state index in [4.69, 9.17) is 10.3 Å². The topological polar surface area (TPSA) is 64.9 Å². The van der Waals surface area contributed by atoms with Gasteiger partial charge < -0.3 is 10.3 Å². The third kappa shape index (κ3) is 2.20. The quantitative estimate of drug-likeness (QED) is 0.770. The fourth-order valence-corrected chi connectivity index (χ4v) is 2.42. The molecule has 0 bridgehead atoms. The molecule has 0 atom stereocenters. The molecule has 3 rings (SSSR count). The zero-order chi connectivity index (χ0) is 14.1. The maximum atomic E-state index is 5.92. The fourth-order valence-electron chi connectivity index (χ4n) is 2.04. The molecule has 0 saturated carbocycles. The number of nitrogen functional groups attached to an aromatic ring is 1. The van der Waals surface area contributed by atoms with Crippen LogP contribution in [0.3, 0.4) is 0 Å². The van der Waals surface area contributed by atoms with Crippen LogP contribution >= 0.6 is 15.9 Å². The van der Waals surface area contributed by atoms with Gasteiger partial charge >= 0.3 is 0 Å². The molecule has 2 aromatic heterocycles. The molecule has 0 spiro atoms. The van der Waals surface area contributed by atoms with E-state index < -0.39 is 0 Å². The first-order valence-electron chi connectivity index (χ1n) is 6.09. The molecule has 4 nitrogen and oxygen atoms in total. The molecule has 0 radical (unpaired) electrons. The lowest BCUT2D eigenvalue weighted by Gasteiger charge is -2.04. The average molecular weight is 330 g/mol. The van der Waals surface area contributed by atoms with E-state index in [1.54, 1.807) is 12.4 Å². The second kappa shape index (κ2) is 5.09. The highest BCUT2D eigenvalue weighted by molar-refractivity contribution is 9.10. The molecular formula is C15H12BrN3O. The maximum absolute atomic E-state index is 5.92. The lowest BCUT2D eigenvalue weighted by Crippen LogP contribution is -1.88. The number of nitrogens with two attached hydrogens (primary N) is 1. The van der Waals surface area contributed by atoms with E-state index in [-0.39, 0.29) is 0 Å². The van der Waals surface area contributed by atoms with Gasteiger partial charge in [-0.25, -0.2) is 0 Å². The minimum Gasteiger partial charge on any atom is -0.367 e. The van der Waals surface area contributed by atoms with Crippen molar-refractivity contribution in [3.05, 3.63) is 52.8 Å². The summed E-state index contributed by atoms with van der Waals surface area (Å²) in [5.41, 5.74) is 10.5. The molecular weight excluding hydrogens is 318 g/mol. The number of pyridine rings is 1. The van der Waals surface area contributed by atoms with Crippen LogP contribution in [-0.2, 0) is 0 Å². The van der Waals surface area contributed by atoms with Gasteiger partial charge in [-0.15, -0.1) is 0 Å². The largest absolute Gasteiger partial charge is 0.367 e. The van der Waals surface area contributed by atoms with E-state index in [9.17, 15) is 0 Å². The molecule has 0 aliphatic rings. The van der Waals surface area contributed by atoms with Crippen molar-refractivity contribution in [2.75, 3.05) is 5.73 Å². The minimum atomic E-state index is 0.308. The van der Waals surface area contributed by atoms with Crippen molar-refractivity contribution < 1.29 is 4.52 Å². The number of anilines is 1. The Labute approximate surface area is 124 Å². The summed E-state index contributed by atoms with van der Waals surface area (Å²) in [4.78, 5) is 4.01. The third-order valence-corrected chi connectivity index (χ3v) is 3.99. The van der Waals surface area contributed by atoms with Gasteiger partial charge in [-0.1, -0.05) is 33.2 Å². The molecule has 2 heterocycles. The van der Waals surface area contributed by atoms with E-state index in [0.29, 0.717) is 5.88 Å². The summed E-state index contributed by atoms with van der Waals surface area (Å²) in [6.07, 6.45) is 3.44. The third-order valence-electron chi connectivity index (χ3n) is 3.13. The number of benzene rings is 1. The fraction of sp³-hybridized carbons (Fsp3) is 0.0667. The second-order valence-electron chi connectivity index (χ2n) is 4.47. The summed E-state index contributed by atoms with van der Waals surface area (Å²) in [6.45, 7) is 2.04. The Bertz CT molecular complexity index is 753. The van der Waals surface area contributed by atoms with E-state index in [0.717, 1.165) is 32.4 Å². The molecule has 0 aliphatic heterocycles. The van der Waals surface area contributed by atoms with Crippen LogP contribution in [0.4, 0.5) is 5.88 Å². The number of halogens is 1. The standard InChI is InChI=1S/C15H12BrN3O/c1-9-2-3-11(8-12(9)16)14-13(15(17)20-19-14)10-4-6-18-7-5-10/h2-8H,17H2,1H3. The van der Waals surface area contributed by atoms with Gasteiger partial charge in [-0.3, -0.25) is 4.98 Å². The van der Waals surface area contributed by atoms with Crippen LogP contribution in [-0.4, -0.2) is 10.1 Å². The normalized spacial score (nSPS) is 10.7. The lowest BCUT2D eigenvalue weighted by molar-refractivity contribution is 0.439. The van der Waals surface area contributed by atoms with Crippen molar-refractivity contribution in [3.63, 3.8) is 0 Å². The highest BCUT2D eigenvalue weighted by atomic mass is 79.9. The number of nitrogens with zero attached hydrogens (tertiary/aromatic N) is 2. The van der Waals surface area contributed by atoms with Gasteiger partial charge in [0.15, 0.2) is 0 Å². The first kappa shape index (κ1) is 12.9. The number of hydrogen-bond acceptors (Lipinski definition) is 4. The molecule has 0 fully saturated rings. The van der Waals surface area contributed by atoms with Crippen molar-refractivity contribution in [2.45, 2.75) is 6.92 Å². The van der Waals surface area contributed by atoms with Crippen LogP contribution in [0.1, 0.15) is 5.56 Å². The smallest absolute Gasteiger partial charge is 0.230 e. The molecule has 0 amide bonds. The molecule has 3 aromatic rings. The molecule has 1 aromatic carbocycles. The van der Waals surface area contributed by atoms with Crippen molar-refractivity contribution >= 4 is 21.8 Å². The maximum Gasteiger partial charge on any atom is 0.230 e. The van der Waals surface area contributed by atoms with Crippen molar-refractivity contribution in [3.8, 4) is 22.4 Å². The minimum absolute atomic E-state index is 0.308. The van der Waals surface area contributed by atoms with Crippen molar-refractivity contribution in [1.82, 2.24) is 10.1 Å². The van der Waals surface area contributed by atoms with Gasteiger partial charge in [-0.05, 0) is 36.2 Å². The van der Waals surface area contributed by atoms with Gasteiger partial charge in [0.05, 0.1) is 5.56 Å². The number of aromatic nitrogens is 2. The summed E-state index contributed by atoms with van der Waals surface area (Å²) in [5.74, 6) is 0.308. The Morgan fingerprint density at radius 3 is 2.55 bits per heavy atom. The molecule has 20 heavy (non-hydrogen) atoms. The zero-order valence-electron chi connectivity index (χ0n) is 10.8. The molecule has 5 heteroatoms. The Hall–Kier alpha value is -2.14. The molecule has 0 unspecified atom stereocenters.